The zero-order valence-corrected chi connectivity index (χ0v) is 12.8. The van der Waals surface area contributed by atoms with Crippen LogP contribution < -0.4 is 0 Å². The van der Waals surface area contributed by atoms with Crippen molar-refractivity contribution >= 4 is 17.2 Å². The number of azo groups is 1. The maximum Gasteiger partial charge on any atom is 0.183 e. The minimum atomic E-state index is -0.387. The molecule has 112 valence electrons. The summed E-state index contributed by atoms with van der Waals surface area (Å²) in [6.45, 7) is 6.12. The number of pyridine rings is 1. The van der Waals surface area contributed by atoms with Gasteiger partial charge in [0.1, 0.15) is 11.3 Å². The summed E-state index contributed by atoms with van der Waals surface area (Å²) < 4.78 is 15.5. The fourth-order valence-corrected chi connectivity index (χ4v) is 2.27. The zero-order chi connectivity index (χ0) is 15.7. The van der Waals surface area contributed by atoms with Crippen LogP contribution in [0.25, 0.3) is 5.65 Å². The topological polar surface area (TPSA) is 42.0 Å². The molecule has 5 heteroatoms. The van der Waals surface area contributed by atoms with Gasteiger partial charge in [0.2, 0.25) is 0 Å². The molecule has 0 fully saturated rings. The van der Waals surface area contributed by atoms with Crippen LogP contribution in [0, 0.1) is 12.7 Å². The minimum absolute atomic E-state index is 0.203. The monoisotopic (exact) mass is 296 g/mol. The molecule has 0 aliphatic heterocycles. The molecule has 0 atom stereocenters. The van der Waals surface area contributed by atoms with E-state index in [1.165, 1.54) is 6.07 Å². The highest BCUT2D eigenvalue weighted by molar-refractivity contribution is 5.54. The molecule has 22 heavy (non-hydrogen) atoms. The van der Waals surface area contributed by atoms with Gasteiger partial charge in [0.15, 0.2) is 11.6 Å². The number of benzene rings is 1. The van der Waals surface area contributed by atoms with Crippen LogP contribution in [0.4, 0.5) is 15.9 Å². The molecule has 0 amide bonds. The predicted octanol–water partition coefficient (Wildman–Crippen LogP) is 5.32. The summed E-state index contributed by atoms with van der Waals surface area (Å²) in [5.41, 5.74) is 3.03. The Labute approximate surface area is 128 Å². The van der Waals surface area contributed by atoms with Gasteiger partial charge in [-0.15, -0.1) is 10.2 Å². The first-order valence-electron chi connectivity index (χ1n) is 7.21. The van der Waals surface area contributed by atoms with Gasteiger partial charge >= 0.3 is 0 Å². The van der Waals surface area contributed by atoms with Crippen molar-refractivity contribution < 1.29 is 4.39 Å². The van der Waals surface area contributed by atoms with Crippen molar-refractivity contribution in [3.8, 4) is 0 Å². The molecule has 0 unspecified atom stereocenters. The molecule has 2 heterocycles. The molecule has 0 saturated heterocycles. The quantitative estimate of drug-likeness (QED) is 0.603. The maximum atomic E-state index is 13.7. The summed E-state index contributed by atoms with van der Waals surface area (Å²) in [5.74, 6) is 0.463. The van der Waals surface area contributed by atoms with Crippen LogP contribution in [0.2, 0.25) is 0 Å². The van der Waals surface area contributed by atoms with E-state index in [4.69, 9.17) is 0 Å². The van der Waals surface area contributed by atoms with Crippen molar-refractivity contribution in [3.05, 3.63) is 59.7 Å². The van der Waals surface area contributed by atoms with Crippen LogP contribution in [-0.2, 0) is 0 Å². The molecule has 0 aliphatic carbocycles. The van der Waals surface area contributed by atoms with Crippen LogP contribution in [0.5, 0.6) is 0 Å². The summed E-state index contributed by atoms with van der Waals surface area (Å²) in [4.78, 5) is 4.62. The van der Waals surface area contributed by atoms with E-state index in [0.29, 0.717) is 5.82 Å². The molecule has 2 aromatic heterocycles. The average Bonchev–Trinajstić information content (AvgIpc) is 2.84. The Morgan fingerprint density at radius 2 is 1.91 bits per heavy atom. The molecule has 0 bridgehead atoms. The zero-order valence-electron chi connectivity index (χ0n) is 12.8. The average molecular weight is 296 g/mol. The third-order valence-electron chi connectivity index (χ3n) is 3.43. The lowest BCUT2D eigenvalue weighted by molar-refractivity contribution is 0.628. The van der Waals surface area contributed by atoms with Gasteiger partial charge < -0.3 is 0 Å². The summed E-state index contributed by atoms with van der Waals surface area (Å²) >= 11 is 0. The van der Waals surface area contributed by atoms with E-state index >= 15 is 0 Å². The Kier molecular flexibility index (Phi) is 3.71. The third-order valence-corrected chi connectivity index (χ3v) is 3.43. The summed E-state index contributed by atoms with van der Waals surface area (Å²) in [5, 5.41) is 8.31. The number of imidazole rings is 1. The lowest BCUT2D eigenvalue weighted by Gasteiger charge is -2.02. The molecule has 0 saturated carbocycles. The lowest BCUT2D eigenvalue weighted by atomic mass is 10.1. The van der Waals surface area contributed by atoms with Gasteiger partial charge in [0.05, 0.1) is 5.69 Å². The molecule has 0 radical (unpaired) electrons. The Morgan fingerprint density at radius 3 is 2.64 bits per heavy atom. The second-order valence-corrected chi connectivity index (χ2v) is 5.56. The minimum Gasteiger partial charge on any atom is -0.283 e. The van der Waals surface area contributed by atoms with E-state index in [2.05, 4.69) is 29.1 Å². The number of hydrogen-bond acceptors (Lipinski definition) is 3. The fraction of sp³-hybridized carbons (Fsp3) is 0.235. The van der Waals surface area contributed by atoms with Gasteiger partial charge in [0.25, 0.3) is 0 Å². The smallest absolute Gasteiger partial charge is 0.183 e. The van der Waals surface area contributed by atoms with E-state index in [9.17, 15) is 4.39 Å². The van der Waals surface area contributed by atoms with Crippen molar-refractivity contribution in [1.82, 2.24) is 9.38 Å². The number of aromatic nitrogens is 2. The Bertz CT molecular complexity index is 849. The number of aryl methyl sites for hydroxylation is 1. The van der Waals surface area contributed by atoms with E-state index in [0.717, 1.165) is 16.9 Å². The highest BCUT2D eigenvalue weighted by Gasteiger charge is 2.15. The number of hydrogen-bond donors (Lipinski definition) is 0. The molecule has 0 N–H and O–H groups in total. The standard InChI is InChI=1S/C17H17FN4/c1-11(2)16-17(21-20-14-7-5-4-6-13(14)18)22-9-8-12(3)10-15(22)19-16/h4-11H,1-3H3. The summed E-state index contributed by atoms with van der Waals surface area (Å²) in [6.07, 6.45) is 1.92. The van der Waals surface area contributed by atoms with Crippen LogP contribution in [0.15, 0.2) is 52.8 Å². The molecular weight excluding hydrogens is 279 g/mol. The lowest BCUT2D eigenvalue weighted by Crippen LogP contribution is -1.87. The van der Waals surface area contributed by atoms with Gasteiger partial charge in [-0.3, -0.25) is 4.40 Å². The largest absolute Gasteiger partial charge is 0.283 e. The van der Waals surface area contributed by atoms with Crippen molar-refractivity contribution in [2.75, 3.05) is 0 Å². The Morgan fingerprint density at radius 1 is 1.14 bits per heavy atom. The first kappa shape index (κ1) is 14.4. The highest BCUT2D eigenvalue weighted by atomic mass is 19.1. The first-order valence-corrected chi connectivity index (χ1v) is 7.21. The molecule has 4 nitrogen and oxygen atoms in total. The molecular formula is C17H17FN4. The molecule has 3 rings (SSSR count). The van der Waals surface area contributed by atoms with Gasteiger partial charge in [-0.25, -0.2) is 9.37 Å². The van der Waals surface area contributed by atoms with E-state index < -0.39 is 0 Å². The second kappa shape index (κ2) is 5.67. The molecule has 3 aromatic rings. The predicted molar refractivity (Wildman–Crippen MR) is 84.6 cm³/mol. The highest BCUT2D eigenvalue weighted by Crippen LogP contribution is 2.30. The van der Waals surface area contributed by atoms with Crippen molar-refractivity contribution in [2.24, 2.45) is 10.2 Å². The molecule has 0 aliphatic rings. The SMILES string of the molecule is Cc1ccn2c(N=Nc3ccccc3F)c(C(C)C)nc2c1. The number of rotatable bonds is 3. The van der Waals surface area contributed by atoms with Gasteiger partial charge in [-0.2, -0.15) is 0 Å². The normalized spacial score (nSPS) is 11.9. The Balaban J connectivity index is 2.13. The van der Waals surface area contributed by atoms with Crippen LogP contribution in [0.3, 0.4) is 0 Å². The molecule has 1 aromatic carbocycles. The van der Waals surface area contributed by atoms with Gasteiger partial charge in [0, 0.05) is 6.20 Å². The van der Waals surface area contributed by atoms with Gasteiger partial charge in [-0.05, 0) is 42.7 Å². The van der Waals surface area contributed by atoms with E-state index in [1.807, 2.05) is 29.7 Å². The van der Waals surface area contributed by atoms with E-state index in [1.54, 1.807) is 18.2 Å². The maximum absolute atomic E-state index is 13.7. The van der Waals surface area contributed by atoms with Crippen LogP contribution in [-0.4, -0.2) is 9.38 Å². The van der Waals surface area contributed by atoms with Gasteiger partial charge in [-0.1, -0.05) is 26.0 Å². The van der Waals surface area contributed by atoms with Crippen molar-refractivity contribution in [2.45, 2.75) is 26.7 Å². The van der Waals surface area contributed by atoms with Crippen LogP contribution >= 0.6 is 0 Å². The number of halogens is 1. The van der Waals surface area contributed by atoms with Crippen molar-refractivity contribution in [1.29, 1.82) is 0 Å². The fourth-order valence-electron chi connectivity index (χ4n) is 2.27. The van der Waals surface area contributed by atoms with E-state index in [-0.39, 0.29) is 17.4 Å². The number of fused-ring (bicyclic) bond motifs is 1. The molecule has 0 spiro atoms. The number of nitrogens with zero attached hydrogens (tertiary/aromatic N) is 4. The third kappa shape index (κ3) is 2.62. The summed E-state index contributed by atoms with van der Waals surface area (Å²) in [6, 6.07) is 10.3. The Hall–Kier alpha value is -2.56. The van der Waals surface area contributed by atoms with Crippen LogP contribution in [0.1, 0.15) is 31.0 Å². The van der Waals surface area contributed by atoms with Crippen molar-refractivity contribution in [3.63, 3.8) is 0 Å². The first-order chi connectivity index (χ1) is 10.6. The second-order valence-electron chi connectivity index (χ2n) is 5.56. The summed E-state index contributed by atoms with van der Waals surface area (Å²) in [7, 11) is 0.